The first-order chi connectivity index (χ1) is 12.1. The summed E-state index contributed by atoms with van der Waals surface area (Å²) in [4.78, 5) is 34.4. The van der Waals surface area contributed by atoms with Crippen molar-refractivity contribution in [3.05, 3.63) is 42.2 Å². The lowest BCUT2D eigenvalue weighted by molar-refractivity contribution is -0.114. The summed E-state index contributed by atoms with van der Waals surface area (Å²) < 4.78 is 0. The number of aromatic nitrogens is 2. The summed E-state index contributed by atoms with van der Waals surface area (Å²) in [6.07, 6.45) is 5.08. The molecule has 2 aromatic rings. The Balaban J connectivity index is 1.72. The molecule has 1 fully saturated rings. The minimum Gasteiger partial charge on any atom is -0.341 e. The van der Waals surface area contributed by atoms with Crippen LogP contribution in [-0.2, 0) is 4.79 Å². The Bertz CT molecular complexity index is 772. The molecule has 7 nitrogen and oxygen atoms in total. The van der Waals surface area contributed by atoms with Gasteiger partial charge in [-0.25, -0.2) is 9.97 Å². The molecule has 130 valence electrons. The van der Waals surface area contributed by atoms with Crippen molar-refractivity contribution in [3.63, 3.8) is 0 Å². The molecule has 1 aliphatic heterocycles. The van der Waals surface area contributed by atoms with Crippen LogP contribution in [0, 0.1) is 0 Å². The molecule has 0 atom stereocenters. The van der Waals surface area contributed by atoms with Gasteiger partial charge in [0, 0.05) is 37.6 Å². The van der Waals surface area contributed by atoms with E-state index in [1.54, 1.807) is 36.5 Å². The van der Waals surface area contributed by atoms with E-state index in [0.717, 1.165) is 25.9 Å². The van der Waals surface area contributed by atoms with Gasteiger partial charge in [-0.1, -0.05) is 6.07 Å². The van der Waals surface area contributed by atoms with Crippen LogP contribution in [0.2, 0.25) is 0 Å². The van der Waals surface area contributed by atoms with Gasteiger partial charge in [0.1, 0.15) is 5.69 Å². The third kappa shape index (κ3) is 4.53. The third-order valence-electron chi connectivity index (χ3n) is 3.96. The lowest BCUT2D eigenvalue weighted by atomic mass is 10.1. The maximum absolute atomic E-state index is 12.5. The van der Waals surface area contributed by atoms with Crippen LogP contribution in [-0.4, -0.2) is 34.9 Å². The van der Waals surface area contributed by atoms with Crippen molar-refractivity contribution >= 4 is 29.1 Å². The number of piperidine rings is 1. The zero-order chi connectivity index (χ0) is 17.6. The molecule has 2 amide bonds. The van der Waals surface area contributed by atoms with Gasteiger partial charge < -0.3 is 15.5 Å². The molecule has 2 N–H and O–H groups in total. The minimum absolute atomic E-state index is 0.162. The van der Waals surface area contributed by atoms with E-state index in [0.29, 0.717) is 23.0 Å². The van der Waals surface area contributed by atoms with E-state index in [2.05, 4.69) is 25.5 Å². The van der Waals surface area contributed by atoms with E-state index in [9.17, 15) is 9.59 Å². The molecule has 25 heavy (non-hydrogen) atoms. The topological polar surface area (TPSA) is 87.2 Å². The maximum Gasteiger partial charge on any atom is 0.274 e. The number of hydrogen-bond acceptors (Lipinski definition) is 5. The maximum atomic E-state index is 12.5. The Labute approximate surface area is 146 Å². The number of anilines is 3. The number of nitrogens with one attached hydrogen (secondary N) is 2. The molecule has 1 saturated heterocycles. The number of hydrogen-bond donors (Lipinski definition) is 2. The van der Waals surface area contributed by atoms with Crippen LogP contribution in [0.3, 0.4) is 0 Å². The molecule has 3 rings (SSSR count). The van der Waals surface area contributed by atoms with Crippen LogP contribution in [0.4, 0.5) is 17.3 Å². The van der Waals surface area contributed by atoms with Crippen LogP contribution >= 0.6 is 0 Å². The van der Waals surface area contributed by atoms with E-state index in [1.165, 1.54) is 13.3 Å². The summed E-state index contributed by atoms with van der Waals surface area (Å²) in [7, 11) is 0. The van der Waals surface area contributed by atoms with Gasteiger partial charge in [-0.2, -0.15) is 0 Å². The van der Waals surface area contributed by atoms with Crippen molar-refractivity contribution in [2.45, 2.75) is 26.2 Å². The zero-order valence-electron chi connectivity index (χ0n) is 14.2. The van der Waals surface area contributed by atoms with Crippen molar-refractivity contribution in [2.24, 2.45) is 0 Å². The first kappa shape index (κ1) is 16.9. The predicted molar refractivity (Wildman–Crippen MR) is 96.8 cm³/mol. The van der Waals surface area contributed by atoms with Gasteiger partial charge >= 0.3 is 0 Å². The number of benzene rings is 1. The second-order valence-electron chi connectivity index (χ2n) is 6.01. The van der Waals surface area contributed by atoms with Crippen LogP contribution < -0.4 is 15.5 Å². The van der Waals surface area contributed by atoms with E-state index in [4.69, 9.17) is 0 Å². The van der Waals surface area contributed by atoms with Gasteiger partial charge in [0.2, 0.25) is 11.9 Å². The standard InChI is InChI=1S/C18H21N5O2/c1-13(24)20-14-6-5-7-15(12-14)21-17(25)16-8-9-19-18(22-16)23-10-3-2-4-11-23/h5-9,12H,2-4,10-11H2,1H3,(H,20,24)(H,21,25). The highest BCUT2D eigenvalue weighted by molar-refractivity contribution is 6.03. The highest BCUT2D eigenvalue weighted by atomic mass is 16.2. The first-order valence-corrected chi connectivity index (χ1v) is 8.39. The lowest BCUT2D eigenvalue weighted by Crippen LogP contribution is -2.31. The highest BCUT2D eigenvalue weighted by Gasteiger charge is 2.16. The zero-order valence-corrected chi connectivity index (χ0v) is 14.2. The molecule has 7 heteroatoms. The smallest absolute Gasteiger partial charge is 0.274 e. The molecular formula is C18H21N5O2. The summed E-state index contributed by atoms with van der Waals surface area (Å²) in [6.45, 7) is 3.28. The quantitative estimate of drug-likeness (QED) is 0.894. The molecule has 0 spiro atoms. The Morgan fingerprint density at radius 1 is 1.04 bits per heavy atom. The normalized spacial score (nSPS) is 14.0. The SMILES string of the molecule is CC(=O)Nc1cccc(NC(=O)c2ccnc(N3CCCCC3)n2)c1. The molecule has 1 aromatic heterocycles. The van der Waals surface area contributed by atoms with E-state index >= 15 is 0 Å². The van der Waals surface area contributed by atoms with E-state index < -0.39 is 0 Å². The fraction of sp³-hybridized carbons (Fsp3) is 0.333. The number of carbonyl (C=O) groups is 2. The monoisotopic (exact) mass is 339 g/mol. The highest BCUT2D eigenvalue weighted by Crippen LogP contribution is 2.18. The van der Waals surface area contributed by atoms with Crippen molar-refractivity contribution in [1.29, 1.82) is 0 Å². The molecule has 0 radical (unpaired) electrons. The summed E-state index contributed by atoms with van der Waals surface area (Å²) in [5.41, 5.74) is 1.54. The summed E-state index contributed by atoms with van der Waals surface area (Å²) >= 11 is 0. The number of amides is 2. The van der Waals surface area contributed by atoms with Crippen LogP contribution in [0.25, 0.3) is 0 Å². The van der Waals surface area contributed by atoms with Crippen LogP contribution in [0.5, 0.6) is 0 Å². The Hall–Kier alpha value is -2.96. The van der Waals surface area contributed by atoms with Crippen LogP contribution in [0.1, 0.15) is 36.7 Å². The van der Waals surface area contributed by atoms with Gasteiger partial charge in [0.05, 0.1) is 0 Å². The number of rotatable bonds is 4. The van der Waals surface area contributed by atoms with Crippen molar-refractivity contribution < 1.29 is 9.59 Å². The largest absolute Gasteiger partial charge is 0.341 e. The molecule has 2 heterocycles. The molecule has 1 aromatic carbocycles. The molecule has 1 aliphatic rings. The average Bonchev–Trinajstić information content (AvgIpc) is 2.62. The molecule has 0 aliphatic carbocycles. The summed E-state index contributed by atoms with van der Waals surface area (Å²) in [6, 6.07) is 8.58. The third-order valence-corrected chi connectivity index (χ3v) is 3.96. The van der Waals surface area contributed by atoms with Crippen molar-refractivity contribution in [3.8, 4) is 0 Å². The lowest BCUT2D eigenvalue weighted by Gasteiger charge is -2.26. The molecule has 0 saturated carbocycles. The van der Waals surface area contributed by atoms with Gasteiger partial charge in [-0.05, 0) is 43.5 Å². The van der Waals surface area contributed by atoms with Gasteiger partial charge in [0.25, 0.3) is 5.91 Å². The molecule has 0 unspecified atom stereocenters. The molecular weight excluding hydrogens is 318 g/mol. The van der Waals surface area contributed by atoms with E-state index in [1.807, 2.05) is 0 Å². The average molecular weight is 339 g/mol. The predicted octanol–water partition coefficient (Wildman–Crippen LogP) is 2.68. The van der Waals surface area contributed by atoms with Crippen molar-refractivity contribution in [2.75, 3.05) is 28.6 Å². The first-order valence-electron chi connectivity index (χ1n) is 8.39. The van der Waals surface area contributed by atoms with Gasteiger partial charge in [-0.15, -0.1) is 0 Å². The fourth-order valence-electron chi connectivity index (χ4n) is 2.79. The molecule has 0 bridgehead atoms. The fourth-order valence-corrected chi connectivity index (χ4v) is 2.79. The number of carbonyl (C=O) groups excluding carboxylic acids is 2. The Morgan fingerprint density at radius 3 is 2.48 bits per heavy atom. The minimum atomic E-state index is -0.305. The Morgan fingerprint density at radius 2 is 1.76 bits per heavy atom. The van der Waals surface area contributed by atoms with E-state index in [-0.39, 0.29) is 11.8 Å². The van der Waals surface area contributed by atoms with Gasteiger partial charge in [0.15, 0.2) is 0 Å². The van der Waals surface area contributed by atoms with Crippen molar-refractivity contribution in [1.82, 2.24) is 9.97 Å². The summed E-state index contributed by atoms with van der Waals surface area (Å²) in [5, 5.41) is 5.49. The summed E-state index contributed by atoms with van der Waals surface area (Å²) in [5.74, 6) is 0.130. The Kier molecular flexibility index (Phi) is 5.23. The van der Waals surface area contributed by atoms with Crippen LogP contribution in [0.15, 0.2) is 36.5 Å². The second-order valence-corrected chi connectivity index (χ2v) is 6.01. The van der Waals surface area contributed by atoms with Gasteiger partial charge in [-0.3, -0.25) is 9.59 Å². The second kappa shape index (κ2) is 7.74. The number of nitrogens with zero attached hydrogens (tertiary/aromatic N) is 3.